The van der Waals surface area contributed by atoms with Gasteiger partial charge in [0.1, 0.15) is 13.2 Å². The zero-order valence-electron chi connectivity index (χ0n) is 8.18. The molecule has 1 aromatic carbocycles. The lowest BCUT2D eigenvalue weighted by Crippen LogP contribution is -2.15. The van der Waals surface area contributed by atoms with Crippen molar-refractivity contribution in [2.75, 3.05) is 13.2 Å². The number of hydrogen-bond acceptors (Lipinski definition) is 4. The Balaban J connectivity index is 2.35. The van der Waals surface area contributed by atoms with Gasteiger partial charge in [-0.1, -0.05) is 15.9 Å². The minimum Gasteiger partial charge on any atom is -0.486 e. The summed E-state index contributed by atoms with van der Waals surface area (Å²) in [6.45, 7) is 1.01. The number of fused-ring (bicyclic) bond motifs is 1. The largest absolute Gasteiger partial charge is 0.486 e. The highest BCUT2D eigenvalue weighted by atomic mass is 79.9. The van der Waals surface area contributed by atoms with Crippen molar-refractivity contribution in [2.45, 2.75) is 0 Å². The van der Waals surface area contributed by atoms with Gasteiger partial charge in [-0.05, 0) is 17.7 Å². The molecular weight excluding hydrogens is 278 g/mol. The lowest BCUT2D eigenvalue weighted by atomic mass is 10.2. The molecule has 2 rings (SSSR count). The normalized spacial score (nSPS) is 14.1. The maximum absolute atomic E-state index is 10.2. The molecule has 1 aliphatic heterocycles. The monoisotopic (exact) mass is 285 g/mol. The summed E-state index contributed by atoms with van der Waals surface area (Å²) in [5.74, 6) is 1.26. The Hall–Kier alpha value is -1.56. The van der Waals surface area contributed by atoms with E-state index in [1.165, 1.54) is 6.08 Å². The first-order chi connectivity index (χ1) is 7.66. The zero-order chi connectivity index (χ0) is 11.5. The third kappa shape index (κ3) is 2.33. The third-order valence-corrected chi connectivity index (χ3v) is 2.72. The second-order valence-electron chi connectivity index (χ2n) is 3.12. The molecule has 16 heavy (non-hydrogen) atoms. The molecule has 5 nitrogen and oxygen atoms in total. The van der Waals surface area contributed by atoms with E-state index in [9.17, 15) is 10.1 Å². The Bertz CT molecular complexity index is 458. The molecule has 1 heterocycles. The highest BCUT2D eigenvalue weighted by molar-refractivity contribution is 9.10. The average Bonchev–Trinajstić information content (AvgIpc) is 2.26. The summed E-state index contributed by atoms with van der Waals surface area (Å²) in [6, 6.07) is 3.45. The molecule has 0 bridgehead atoms. The van der Waals surface area contributed by atoms with Gasteiger partial charge in [-0.25, -0.2) is 0 Å². The van der Waals surface area contributed by atoms with Crippen molar-refractivity contribution in [1.82, 2.24) is 0 Å². The van der Waals surface area contributed by atoms with Crippen LogP contribution in [0.5, 0.6) is 11.5 Å². The van der Waals surface area contributed by atoms with Gasteiger partial charge in [-0.3, -0.25) is 10.1 Å². The Kier molecular flexibility index (Phi) is 3.09. The van der Waals surface area contributed by atoms with Gasteiger partial charge < -0.3 is 9.47 Å². The van der Waals surface area contributed by atoms with Crippen molar-refractivity contribution in [3.63, 3.8) is 0 Å². The Labute approximate surface area is 99.9 Å². The summed E-state index contributed by atoms with van der Waals surface area (Å²) >= 11 is 3.32. The van der Waals surface area contributed by atoms with Gasteiger partial charge in [0.2, 0.25) is 6.20 Å². The van der Waals surface area contributed by atoms with Crippen molar-refractivity contribution in [3.8, 4) is 11.5 Å². The van der Waals surface area contributed by atoms with Crippen LogP contribution >= 0.6 is 15.9 Å². The van der Waals surface area contributed by atoms with Gasteiger partial charge in [0.15, 0.2) is 11.5 Å². The quantitative estimate of drug-likeness (QED) is 0.619. The molecule has 0 saturated heterocycles. The van der Waals surface area contributed by atoms with Crippen LogP contribution in [0, 0.1) is 10.1 Å². The van der Waals surface area contributed by atoms with Gasteiger partial charge in [0.25, 0.3) is 0 Å². The smallest absolute Gasteiger partial charge is 0.235 e. The number of ether oxygens (including phenoxy) is 2. The van der Waals surface area contributed by atoms with Gasteiger partial charge in [-0.2, -0.15) is 0 Å². The van der Waals surface area contributed by atoms with E-state index in [1.54, 1.807) is 12.1 Å². The van der Waals surface area contributed by atoms with Crippen molar-refractivity contribution in [2.24, 2.45) is 0 Å². The molecule has 0 aliphatic carbocycles. The SMILES string of the molecule is O=[N+]([O-])/C=C/c1cc2c(cc1Br)OCCO2. The van der Waals surface area contributed by atoms with Crippen LogP contribution in [0.4, 0.5) is 0 Å². The zero-order valence-corrected chi connectivity index (χ0v) is 9.77. The highest BCUT2D eigenvalue weighted by Gasteiger charge is 2.13. The first kappa shape index (κ1) is 10.9. The number of halogens is 1. The van der Waals surface area contributed by atoms with E-state index >= 15 is 0 Å². The second kappa shape index (κ2) is 4.52. The summed E-state index contributed by atoms with van der Waals surface area (Å²) in [5, 5.41) is 10.2. The highest BCUT2D eigenvalue weighted by Crippen LogP contribution is 2.35. The molecule has 0 radical (unpaired) electrons. The molecular formula is C10H8BrNO4. The van der Waals surface area contributed by atoms with Crippen molar-refractivity contribution < 1.29 is 14.4 Å². The molecule has 0 atom stereocenters. The molecule has 1 aromatic rings. The third-order valence-electron chi connectivity index (χ3n) is 2.04. The van der Waals surface area contributed by atoms with Crippen LogP contribution in [-0.4, -0.2) is 18.1 Å². The summed E-state index contributed by atoms with van der Waals surface area (Å²) in [7, 11) is 0. The minimum atomic E-state index is -0.511. The number of hydrogen-bond donors (Lipinski definition) is 0. The van der Waals surface area contributed by atoms with Crippen LogP contribution < -0.4 is 9.47 Å². The molecule has 1 aliphatic rings. The summed E-state index contributed by atoms with van der Waals surface area (Å²) in [5.41, 5.74) is 0.681. The lowest BCUT2D eigenvalue weighted by molar-refractivity contribution is -0.400. The van der Waals surface area contributed by atoms with E-state index in [4.69, 9.17) is 9.47 Å². The van der Waals surface area contributed by atoms with Crippen LogP contribution in [0.15, 0.2) is 22.8 Å². The fraction of sp³-hybridized carbons (Fsp3) is 0.200. The van der Waals surface area contributed by atoms with Crippen molar-refractivity contribution in [3.05, 3.63) is 38.5 Å². The van der Waals surface area contributed by atoms with E-state index in [1.807, 2.05) is 0 Å². The molecule has 0 amide bonds. The first-order valence-corrected chi connectivity index (χ1v) is 5.37. The summed E-state index contributed by atoms with van der Waals surface area (Å²) in [6.07, 6.45) is 2.29. The summed E-state index contributed by atoms with van der Waals surface area (Å²) < 4.78 is 11.5. The molecule has 6 heteroatoms. The lowest BCUT2D eigenvalue weighted by Gasteiger charge is -2.19. The molecule has 0 fully saturated rings. The maximum Gasteiger partial charge on any atom is 0.235 e. The minimum absolute atomic E-state index is 0.493. The van der Waals surface area contributed by atoms with Gasteiger partial charge in [0.05, 0.1) is 4.92 Å². The first-order valence-electron chi connectivity index (χ1n) is 4.57. The Morgan fingerprint density at radius 2 is 1.94 bits per heavy atom. The number of rotatable bonds is 2. The molecule has 0 saturated carbocycles. The fourth-order valence-corrected chi connectivity index (χ4v) is 1.80. The van der Waals surface area contributed by atoms with E-state index in [2.05, 4.69) is 15.9 Å². The Morgan fingerprint density at radius 3 is 2.56 bits per heavy atom. The van der Waals surface area contributed by atoms with Crippen LogP contribution in [0.2, 0.25) is 0 Å². The van der Waals surface area contributed by atoms with Crippen LogP contribution in [0.25, 0.3) is 6.08 Å². The van der Waals surface area contributed by atoms with Crippen molar-refractivity contribution >= 4 is 22.0 Å². The molecule has 84 valence electrons. The summed E-state index contributed by atoms with van der Waals surface area (Å²) in [4.78, 5) is 9.71. The van der Waals surface area contributed by atoms with Crippen LogP contribution in [0.3, 0.4) is 0 Å². The molecule has 0 spiro atoms. The van der Waals surface area contributed by atoms with Crippen molar-refractivity contribution in [1.29, 1.82) is 0 Å². The molecule has 0 aromatic heterocycles. The predicted octanol–water partition coefficient (Wildman–Crippen LogP) is 2.47. The van der Waals surface area contributed by atoms with Crippen LogP contribution in [-0.2, 0) is 0 Å². The topological polar surface area (TPSA) is 61.6 Å². The van der Waals surface area contributed by atoms with Gasteiger partial charge >= 0.3 is 0 Å². The molecule has 0 unspecified atom stereocenters. The van der Waals surface area contributed by atoms with E-state index in [0.29, 0.717) is 30.3 Å². The molecule has 0 N–H and O–H groups in total. The maximum atomic E-state index is 10.2. The van der Waals surface area contributed by atoms with Crippen LogP contribution in [0.1, 0.15) is 5.56 Å². The van der Waals surface area contributed by atoms with E-state index in [0.717, 1.165) is 10.7 Å². The number of benzene rings is 1. The van der Waals surface area contributed by atoms with E-state index in [-0.39, 0.29) is 0 Å². The Morgan fingerprint density at radius 1 is 1.31 bits per heavy atom. The number of nitrogens with zero attached hydrogens (tertiary/aromatic N) is 1. The van der Waals surface area contributed by atoms with E-state index < -0.39 is 4.92 Å². The fourth-order valence-electron chi connectivity index (χ4n) is 1.35. The predicted molar refractivity (Wildman–Crippen MR) is 61.2 cm³/mol. The second-order valence-corrected chi connectivity index (χ2v) is 3.97. The van der Waals surface area contributed by atoms with Gasteiger partial charge in [0, 0.05) is 10.5 Å². The van der Waals surface area contributed by atoms with Gasteiger partial charge in [-0.15, -0.1) is 0 Å². The average molecular weight is 286 g/mol. The number of nitro groups is 1. The standard InChI is InChI=1S/C10H8BrNO4/c11-8-6-10-9(15-3-4-16-10)5-7(8)1-2-12(13)14/h1-2,5-6H,3-4H2/b2-1+.